The van der Waals surface area contributed by atoms with Gasteiger partial charge in [0.05, 0.1) is 33.9 Å². The zero-order chi connectivity index (χ0) is 16.7. The molecule has 0 bridgehead atoms. The molecule has 2 aromatic heterocycles. The summed E-state index contributed by atoms with van der Waals surface area (Å²) in [5.41, 5.74) is 4.27. The Hall–Kier alpha value is -1.54. The molecule has 1 aromatic carbocycles. The van der Waals surface area contributed by atoms with Crippen molar-refractivity contribution in [3.8, 4) is 11.3 Å². The Kier molecular flexibility index (Phi) is 4.26. The van der Waals surface area contributed by atoms with Crippen LogP contribution in [0.1, 0.15) is 6.42 Å². The van der Waals surface area contributed by atoms with Crippen molar-refractivity contribution in [2.75, 3.05) is 25.5 Å². The van der Waals surface area contributed by atoms with Crippen molar-refractivity contribution >= 4 is 37.9 Å². The highest BCUT2D eigenvalue weighted by Gasteiger charge is 2.29. The second-order valence-electron chi connectivity index (χ2n) is 6.20. The van der Waals surface area contributed by atoms with Crippen LogP contribution in [0, 0.1) is 0 Å². The molecule has 0 saturated carbocycles. The number of hydrogen-bond acceptors (Lipinski definition) is 5. The summed E-state index contributed by atoms with van der Waals surface area (Å²) in [7, 11) is 0.693. The molecule has 3 aromatic rings. The Morgan fingerprint density at radius 1 is 1.46 bits per heavy atom. The van der Waals surface area contributed by atoms with Gasteiger partial charge in [-0.25, -0.2) is 9.37 Å². The summed E-state index contributed by atoms with van der Waals surface area (Å²) in [6.45, 7) is 1.29. The second kappa shape index (κ2) is 6.40. The molecular formula is C17H18FN3OS2. The maximum Gasteiger partial charge on any atom is 0.203 e. The molecule has 24 heavy (non-hydrogen) atoms. The van der Waals surface area contributed by atoms with Crippen molar-refractivity contribution in [1.29, 1.82) is 0 Å². The van der Waals surface area contributed by atoms with Gasteiger partial charge in [0.2, 0.25) is 4.70 Å². The zero-order valence-electron chi connectivity index (χ0n) is 13.2. The van der Waals surface area contributed by atoms with E-state index in [1.54, 1.807) is 10.9 Å². The van der Waals surface area contributed by atoms with Crippen LogP contribution in [0.15, 0.2) is 34.5 Å². The Morgan fingerprint density at radius 2 is 2.33 bits per heavy atom. The highest BCUT2D eigenvalue weighted by atomic mass is 32.2. The van der Waals surface area contributed by atoms with E-state index in [1.807, 2.05) is 35.5 Å². The number of fused-ring (bicyclic) bond motifs is 1. The number of halogens is 1. The van der Waals surface area contributed by atoms with Crippen LogP contribution in [0.4, 0.5) is 10.1 Å². The number of thiophene rings is 1. The number of piperidine rings is 1. The third-order valence-corrected chi connectivity index (χ3v) is 6.40. The van der Waals surface area contributed by atoms with Crippen molar-refractivity contribution in [1.82, 2.24) is 9.88 Å². The third kappa shape index (κ3) is 2.82. The molecule has 3 heterocycles. The molecule has 3 atom stereocenters. The first-order valence-electron chi connectivity index (χ1n) is 7.87. The molecule has 0 spiro atoms. The summed E-state index contributed by atoms with van der Waals surface area (Å²) in [5, 5.41) is 7.92. The van der Waals surface area contributed by atoms with Crippen molar-refractivity contribution in [2.24, 2.45) is 0 Å². The molecule has 126 valence electrons. The average Bonchev–Trinajstić information content (AvgIpc) is 3.19. The maximum absolute atomic E-state index is 14.3. The number of nitrogens with zero attached hydrogens (tertiary/aromatic N) is 2. The first kappa shape index (κ1) is 16.0. The molecule has 4 rings (SSSR count). The predicted molar refractivity (Wildman–Crippen MR) is 98.1 cm³/mol. The summed E-state index contributed by atoms with van der Waals surface area (Å²) < 4.78 is 27.7. The smallest absolute Gasteiger partial charge is 0.203 e. The van der Waals surface area contributed by atoms with Crippen LogP contribution >= 0.6 is 22.1 Å². The lowest BCUT2D eigenvalue weighted by Crippen LogP contribution is -2.46. The van der Waals surface area contributed by atoms with Crippen molar-refractivity contribution in [3.05, 3.63) is 34.5 Å². The molecule has 0 radical (unpaired) electrons. The van der Waals surface area contributed by atoms with Gasteiger partial charge in [0, 0.05) is 18.5 Å². The molecule has 1 N–H and O–H groups in total. The quantitative estimate of drug-likeness (QED) is 0.711. The molecule has 4 nitrogen and oxygen atoms in total. The summed E-state index contributed by atoms with van der Waals surface area (Å²) in [6.07, 6.45) is -0.194. The molecule has 1 aliphatic heterocycles. The molecule has 1 unspecified atom stereocenters. The average molecular weight is 363 g/mol. The van der Waals surface area contributed by atoms with E-state index in [0.717, 1.165) is 40.0 Å². The topological polar surface area (TPSA) is 51.2 Å². The monoisotopic (exact) mass is 363 g/mol. The fourth-order valence-corrected chi connectivity index (χ4v) is 5.14. The van der Waals surface area contributed by atoms with E-state index in [2.05, 4.69) is 10.3 Å². The van der Waals surface area contributed by atoms with Gasteiger partial charge in [-0.1, -0.05) is 6.07 Å². The lowest BCUT2D eigenvalue weighted by atomic mass is 10.0. The number of likely N-dealkylation sites (tertiary alicyclic amines) is 1. The van der Waals surface area contributed by atoms with E-state index in [-0.39, 0.29) is 6.04 Å². The van der Waals surface area contributed by atoms with Gasteiger partial charge in [-0.3, -0.25) is 0 Å². The number of thiazole rings is 1. The Balaban J connectivity index is 1.72. The third-order valence-electron chi connectivity index (χ3n) is 4.52. The Bertz CT molecular complexity index is 849. The van der Waals surface area contributed by atoms with Crippen LogP contribution in [0.2, 0.25) is 0 Å². The summed E-state index contributed by atoms with van der Waals surface area (Å²) in [4.78, 5) is 6.33. The molecular weight excluding hydrogens is 345 g/mol. The van der Waals surface area contributed by atoms with Crippen molar-refractivity contribution in [3.63, 3.8) is 0 Å². The predicted octanol–water partition coefficient (Wildman–Crippen LogP) is 4.15. The van der Waals surface area contributed by atoms with E-state index >= 15 is 0 Å². The molecule has 1 aliphatic rings. The van der Waals surface area contributed by atoms with E-state index in [0.29, 0.717) is 6.54 Å². The van der Waals surface area contributed by atoms with Gasteiger partial charge in [0.15, 0.2) is 0 Å². The van der Waals surface area contributed by atoms with Crippen LogP contribution in [0.5, 0.6) is 0 Å². The number of nitrogens with one attached hydrogen (secondary N) is 1. The SMILES string of the molecule is CN1CC[C@@H](Nc2cccc3c(-c4cscn4)c[s+]([O-])c23)[C@@H](F)C1. The summed E-state index contributed by atoms with van der Waals surface area (Å²) in [6, 6.07) is 5.53. The van der Waals surface area contributed by atoms with E-state index in [9.17, 15) is 8.94 Å². The number of benzene rings is 1. The highest BCUT2D eigenvalue weighted by molar-refractivity contribution is 7.31. The number of alkyl halides is 1. The fourth-order valence-electron chi connectivity index (χ4n) is 3.27. The highest BCUT2D eigenvalue weighted by Crippen LogP contribution is 2.42. The van der Waals surface area contributed by atoms with Crippen molar-refractivity contribution < 1.29 is 8.94 Å². The fraction of sp³-hybridized carbons (Fsp3) is 0.353. The molecule has 7 heteroatoms. The zero-order valence-corrected chi connectivity index (χ0v) is 14.9. The van der Waals surface area contributed by atoms with Crippen LogP contribution < -0.4 is 5.32 Å². The lowest BCUT2D eigenvalue weighted by Gasteiger charge is -2.33. The molecule has 0 amide bonds. The minimum atomic E-state index is -1.24. The van der Waals surface area contributed by atoms with Crippen LogP contribution in [0.3, 0.4) is 0 Å². The Morgan fingerprint density at radius 3 is 3.08 bits per heavy atom. The largest absolute Gasteiger partial charge is 0.590 e. The first-order chi connectivity index (χ1) is 11.6. The van der Waals surface area contributed by atoms with Gasteiger partial charge in [-0.2, -0.15) is 0 Å². The van der Waals surface area contributed by atoms with Gasteiger partial charge in [0.25, 0.3) is 0 Å². The minimum absolute atomic E-state index is 0.243. The van der Waals surface area contributed by atoms with Gasteiger partial charge in [0.1, 0.15) is 11.6 Å². The van der Waals surface area contributed by atoms with Gasteiger partial charge >= 0.3 is 0 Å². The van der Waals surface area contributed by atoms with Crippen LogP contribution in [-0.4, -0.2) is 46.8 Å². The first-order valence-corrected chi connectivity index (χ1v) is 10.0. The number of rotatable bonds is 3. The summed E-state index contributed by atoms with van der Waals surface area (Å²) in [5.74, 6) is 0. The summed E-state index contributed by atoms with van der Waals surface area (Å²) >= 11 is 1.51. The number of hydrogen-bond donors (Lipinski definition) is 1. The van der Waals surface area contributed by atoms with Gasteiger partial charge in [-0.15, -0.1) is 11.3 Å². The van der Waals surface area contributed by atoms with Crippen LogP contribution in [-0.2, 0) is 0 Å². The van der Waals surface area contributed by atoms with Crippen molar-refractivity contribution in [2.45, 2.75) is 18.6 Å². The van der Waals surface area contributed by atoms with Gasteiger partial charge in [-0.05, 0) is 36.4 Å². The minimum Gasteiger partial charge on any atom is -0.590 e. The molecule has 0 aliphatic carbocycles. The van der Waals surface area contributed by atoms with E-state index < -0.39 is 16.9 Å². The molecule has 1 saturated heterocycles. The van der Waals surface area contributed by atoms with Gasteiger partial charge < -0.3 is 14.8 Å². The normalized spacial score (nSPS) is 22.9. The van der Waals surface area contributed by atoms with Crippen LogP contribution in [0.25, 0.3) is 21.3 Å². The number of aromatic nitrogens is 1. The number of anilines is 1. The molecule has 1 fully saturated rings. The Labute approximate surface area is 146 Å². The standard InChI is InChI=1S/C17H18FN3OS2/c1-21-6-5-14(13(18)7-21)20-15-4-2-3-11-12(9-24(22)17(11)15)16-8-23-10-19-16/h2-4,8-10,13-14,20H,5-7H2,1H3/t13-,14+,24?/m0/s1. The lowest BCUT2D eigenvalue weighted by molar-refractivity contribution is 0.149. The van der Waals surface area contributed by atoms with E-state index in [4.69, 9.17) is 0 Å². The van der Waals surface area contributed by atoms with E-state index in [1.165, 1.54) is 11.3 Å². The maximum atomic E-state index is 14.3. The second-order valence-corrected chi connectivity index (χ2v) is 8.16.